The van der Waals surface area contributed by atoms with Gasteiger partial charge in [-0.2, -0.15) is 4.37 Å². The van der Waals surface area contributed by atoms with Gasteiger partial charge in [-0.15, -0.1) is 11.3 Å². The summed E-state index contributed by atoms with van der Waals surface area (Å²) in [7, 11) is 0. The van der Waals surface area contributed by atoms with Crippen LogP contribution in [0.1, 0.15) is 16.8 Å². The molecule has 114 valence electrons. The number of benzene rings is 1. The Balaban J connectivity index is 1.49. The first-order valence-electron chi connectivity index (χ1n) is 7.07. The van der Waals surface area contributed by atoms with Gasteiger partial charge >= 0.3 is 6.03 Å². The van der Waals surface area contributed by atoms with Gasteiger partial charge < -0.3 is 10.6 Å². The number of carbonyl (C=O) groups is 1. The van der Waals surface area contributed by atoms with Gasteiger partial charge in [0.1, 0.15) is 0 Å². The predicted octanol–water partition coefficient (Wildman–Crippen LogP) is 3.68. The van der Waals surface area contributed by atoms with E-state index in [9.17, 15) is 4.79 Å². The Morgan fingerprint density at radius 3 is 3.05 bits per heavy atom. The van der Waals surface area contributed by atoms with Gasteiger partial charge in [0.05, 0.1) is 9.71 Å². The predicted molar refractivity (Wildman–Crippen MR) is 91.8 cm³/mol. The van der Waals surface area contributed by atoms with E-state index in [2.05, 4.69) is 26.9 Å². The van der Waals surface area contributed by atoms with E-state index in [0.29, 0.717) is 6.54 Å². The highest BCUT2D eigenvalue weighted by Crippen LogP contribution is 2.21. The number of hydrogen-bond donors (Lipinski definition) is 2. The molecule has 2 amide bonds. The van der Waals surface area contributed by atoms with Crippen molar-refractivity contribution in [1.82, 2.24) is 14.7 Å². The molecule has 0 unspecified atom stereocenters. The third-order valence-electron chi connectivity index (χ3n) is 3.18. The topological polar surface area (TPSA) is 66.9 Å². The van der Waals surface area contributed by atoms with Gasteiger partial charge in [-0.1, -0.05) is 6.92 Å². The maximum absolute atomic E-state index is 11.9. The normalized spacial score (nSPS) is 10.8. The molecular formula is C15H16N4OS2. The Morgan fingerprint density at radius 1 is 1.32 bits per heavy atom. The molecule has 0 aliphatic carbocycles. The highest BCUT2D eigenvalue weighted by atomic mass is 32.1. The van der Waals surface area contributed by atoms with Crippen molar-refractivity contribution in [2.75, 3.05) is 11.9 Å². The summed E-state index contributed by atoms with van der Waals surface area (Å²) in [6, 6.07) is 5.57. The van der Waals surface area contributed by atoms with E-state index in [1.165, 1.54) is 16.4 Å². The van der Waals surface area contributed by atoms with Crippen LogP contribution in [0.2, 0.25) is 0 Å². The molecule has 22 heavy (non-hydrogen) atoms. The lowest BCUT2D eigenvalue weighted by Gasteiger charge is -2.06. The number of urea groups is 1. The summed E-state index contributed by atoms with van der Waals surface area (Å²) in [5.41, 5.74) is 0.771. The average Bonchev–Trinajstić information content (AvgIpc) is 3.15. The molecule has 3 aromatic rings. The third-order valence-corrected chi connectivity index (χ3v) is 5.17. The lowest BCUT2D eigenvalue weighted by atomic mass is 10.2. The molecule has 3 rings (SSSR count). The maximum atomic E-state index is 11.9. The van der Waals surface area contributed by atoms with Crippen molar-refractivity contribution < 1.29 is 4.79 Å². The van der Waals surface area contributed by atoms with Crippen LogP contribution < -0.4 is 10.6 Å². The van der Waals surface area contributed by atoms with Crippen LogP contribution in [0.25, 0.3) is 10.1 Å². The SMILES string of the molecule is CCc1cnc(CCNC(=O)Nc2ccc3sncc3c2)s1. The number of aryl methyl sites for hydroxylation is 1. The molecule has 0 spiro atoms. The smallest absolute Gasteiger partial charge is 0.319 e. The van der Waals surface area contributed by atoms with Gasteiger partial charge in [0.25, 0.3) is 0 Å². The van der Waals surface area contributed by atoms with Crippen LogP contribution in [0.5, 0.6) is 0 Å². The molecule has 0 saturated heterocycles. The minimum Gasteiger partial charge on any atom is -0.337 e. The number of aromatic nitrogens is 2. The first kappa shape index (κ1) is 14.9. The minimum atomic E-state index is -0.199. The quantitative estimate of drug-likeness (QED) is 0.749. The van der Waals surface area contributed by atoms with Gasteiger partial charge in [0.2, 0.25) is 0 Å². The fourth-order valence-electron chi connectivity index (χ4n) is 2.04. The summed E-state index contributed by atoms with van der Waals surface area (Å²) in [6.07, 6.45) is 5.47. The number of carbonyl (C=O) groups excluding carboxylic acids is 1. The van der Waals surface area contributed by atoms with Gasteiger partial charge in [-0.3, -0.25) is 0 Å². The largest absolute Gasteiger partial charge is 0.337 e. The molecule has 0 atom stereocenters. The van der Waals surface area contributed by atoms with Crippen molar-refractivity contribution in [2.45, 2.75) is 19.8 Å². The van der Waals surface area contributed by atoms with Crippen LogP contribution in [0.3, 0.4) is 0 Å². The monoisotopic (exact) mass is 332 g/mol. The highest BCUT2D eigenvalue weighted by molar-refractivity contribution is 7.13. The number of amides is 2. The Hall–Kier alpha value is -1.99. The van der Waals surface area contributed by atoms with Crippen LogP contribution in [0, 0.1) is 0 Å². The Morgan fingerprint density at radius 2 is 2.23 bits per heavy atom. The number of rotatable bonds is 5. The second-order valence-electron chi connectivity index (χ2n) is 4.78. The maximum Gasteiger partial charge on any atom is 0.319 e. The lowest BCUT2D eigenvalue weighted by Crippen LogP contribution is -2.30. The molecule has 0 aliphatic heterocycles. The molecule has 0 aliphatic rings. The van der Waals surface area contributed by atoms with E-state index in [1.54, 1.807) is 17.5 Å². The van der Waals surface area contributed by atoms with Gasteiger partial charge in [-0.25, -0.2) is 9.78 Å². The molecule has 2 heterocycles. The van der Waals surface area contributed by atoms with E-state index in [0.717, 1.165) is 33.6 Å². The lowest BCUT2D eigenvalue weighted by molar-refractivity contribution is 0.252. The van der Waals surface area contributed by atoms with E-state index in [4.69, 9.17) is 0 Å². The summed E-state index contributed by atoms with van der Waals surface area (Å²) in [6.45, 7) is 2.69. The van der Waals surface area contributed by atoms with Crippen molar-refractivity contribution in [2.24, 2.45) is 0 Å². The number of fused-ring (bicyclic) bond motifs is 1. The molecule has 2 N–H and O–H groups in total. The van der Waals surface area contributed by atoms with E-state index < -0.39 is 0 Å². The molecule has 5 nitrogen and oxygen atoms in total. The molecule has 2 aromatic heterocycles. The Labute approximate surface area is 136 Å². The van der Waals surface area contributed by atoms with Crippen LogP contribution in [-0.4, -0.2) is 21.9 Å². The van der Waals surface area contributed by atoms with Crippen LogP contribution in [0.4, 0.5) is 10.5 Å². The molecular weight excluding hydrogens is 316 g/mol. The minimum absolute atomic E-state index is 0.199. The average molecular weight is 332 g/mol. The molecule has 7 heteroatoms. The highest BCUT2D eigenvalue weighted by Gasteiger charge is 2.05. The van der Waals surface area contributed by atoms with E-state index in [1.807, 2.05) is 24.4 Å². The number of nitrogens with zero attached hydrogens (tertiary/aromatic N) is 2. The molecule has 0 bridgehead atoms. The van der Waals surface area contributed by atoms with Crippen molar-refractivity contribution in [3.05, 3.63) is 40.5 Å². The van der Waals surface area contributed by atoms with Crippen molar-refractivity contribution >= 4 is 44.7 Å². The van der Waals surface area contributed by atoms with Crippen LogP contribution in [0.15, 0.2) is 30.6 Å². The Kier molecular flexibility index (Phi) is 4.65. The van der Waals surface area contributed by atoms with Gasteiger partial charge in [0.15, 0.2) is 0 Å². The fraction of sp³-hybridized carbons (Fsp3) is 0.267. The van der Waals surface area contributed by atoms with Crippen molar-refractivity contribution in [3.8, 4) is 0 Å². The second-order valence-corrected chi connectivity index (χ2v) is 6.82. The van der Waals surface area contributed by atoms with Crippen LogP contribution >= 0.6 is 22.9 Å². The van der Waals surface area contributed by atoms with Crippen molar-refractivity contribution in [1.29, 1.82) is 0 Å². The number of anilines is 1. The summed E-state index contributed by atoms with van der Waals surface area (Å²) in [5.74, 6) is 0. The Bertz CT molecular complexity index is 781. The second kappa shape index (κ2) is 6.85. The third kappa shape index (κ3) is 3.61. The molecule has 0 saturated carbocycles. The molecule has 0 fully saturated rings. The van der Waals surface area contributed by atoms with Gasteiger partial charge in [0, 0.05) is 41.3 Å². The molecule has 0 radical (unpaired) electrons. The first-order valence-corrected chi connectivity index (χ1v) is 8.66. The van der Waals surface area contributed by atoms with E-state index >= 15 is 0 Å². The van der Waals surface area contributed by atoms with Gasteiger partial charge in [-0.05, 0) is 36.2 Å². The molecule has 1 aromatic carbocycles. The first-order chi connectivity index (χ1) is 10.7. The fourth-order valence-corrected chi connectivity index (χ4v) is 3.52. The summed E-state index contributed by atoms with van der Waals surface area (Å²) in [5, 5.41) is 7.79. The summed E-state index contributed by atoms with van der Waals surface area (Å²) >= 11 is 3.15. The summed E-state index contributed by atoms with van der Waals surface area (Å²) < 4.78 is 5.23. The summed E-state index contributed by atoms with van der Waals surface area (Å²) in [4.78, 5) is 17.5. The zero-order chi connectivity index (χ0) is 15.4. The zero-order valence-electron chi connectivity index (χ0n) is 12.1. The van der Waals surface area contributed by atoms with E-state index in [-0.39, 0.29) is 6.03 Å². The van der Waals surface area contributed by atoms with Crippen molar-refractivity contribution in [3.63, 3.8) is 0 Å². The number of thiazole rings is 1. The number of nitrogens with one attached hydrogen (secondary N) is 2. The standard InChI is InChI=1S/C15H16N4OS2/c1-2-12-9-17-14(21-12)5-6-16-15(20)19-11-3-4-13-10(7-11)8-18-22-13/h3-4,7-9H,2,5-6H2,1H3,(H2,16,19,20). The van der Waals surface area contributed by atoms with Crippen LogP contribution in [-0.2, 0) is 12.8 Å². The zero-order valence-corrected chi connectivity index (χ0v) is 13.8. The number of hydrogen-bond acceptors (Lipinski definition) is 5.